The molecule has 4 aliphatic carbocycles. The van der Waals surface area contributed by atoms with Crippen molar-refractivity contribution < 1.29 is 4.79 Å². The highest BCUT2D eigenvalue weighted by Crippen LogP contribution is 2.61. The first-order valence-electron chi connectivity index (χ1n) is 8.22. The first kappa shape index (κ1) is 12.6. The number of carbonyl (C=O) groups excluding carboxylic acids is 1. The number of Topliss-reactive ketones (excluding diaryl/α,β-unsaturated/α-hetero) is 1. The van der Waals surface area contributed by atoms with E-state index in [2.05, 4.69) is 13.0 Å². The summed E-state index contributed by atoms with van der Waals surface area (Å²) in [6.45, 7) is 2.06. The molecule has 0 amide bonds. The molecule has 20 heavy (non-hydrogen) atoms. The molecule has 0 N–H and O–H groups in total. The Morgan fingerprint density at radius 1 is 1.05 bits per heavy atom. The molecular formula is C19H24O. The highest BCUT2D eigenvalue weighted by molar-refractivity contribution is 5.97. The fraction of sp³-hybridized carbons (Fsp3) is 0.632. The fourth-order valence-corrected chi connectivity index (χ4v) is 5.83. The number of ketones is 1. The van der Waals surface area contributed by atoms with Crippen molar-refractivity contribution in [3.8, 4) is 0 Å². The maximum absolute atomic E-state index is 12.8. The standard InChI is InChI=1S/C19H24O/c1-13-4-2-3-5-17(13)18(20)12-19-9-14-6-15(10-19)8-16(7-14)11-19/h2-5,14-16H,6-12H2,1H3. The second-order valence-electron chi connectivity index (χ2n) is 7.83. The molecule has 1 heteroatoms. The predicted octanol–water partition coefficient (Wildman–Crippen LogP) is 4.78. The minimum absolute atomic E-state index is 0.369. The van der Waals surface area contributed by atoms with Gasteiger partial charge >= 0.3 is 0 Å². The van der Waals surface area contributed by atoms with E-state index in [4.69, 9.17) is 0 Å². The van der Waals surface area contributed by atoms with Crippen LogP contribution in [0.25, 0.3) is 0 Å². The number of benzene rings is 1. The Kier molecular flexibility index (Phi) is 2.80. The lowest BCUT2D eigenvalue weighted by Gasteiger charge is -2.56. The van der Waals surface area contributed by atoms with E-state index < -0.39 is 0 Å². The van der Waals surface area contributed by atoms with Crippen LogP contribution in [0.5, 0.6) is 0 Å². The highest BCUT2D eigenvalue weighted by Gasteiger charge is 2.51. The Bertz CT molecular complexity index is 507. The number of rotatable bonds is 3. The smallest absolute Gasteiger partial charge is 0.163 e. The van der Waals surface area contributed by atoms with E-state index in [0.717, 1.165) is 35.3 Å². The summed E-state index contributed by atoms with van der Waals surface area (Å²) in [5.41, 5.74) is 2.47. The second-order valence-corrected chi connectivity index (χ2v) is 7.83. The van der Waals surface area contributed by atoms with Gasteiger partial charge in [0, 0.05) is 12.0 Å². The van der Waals surface area contributed by atoms with Gasteiger partial charge in [0.05, 0.1) is 0 Å². The summed E-state index contributed by atoms with van der Waals surface area (Å²) in [7, 11) is 0. The Morgan fingerprint density at radius 3 is 2.15 bits per heavy atom. The molecule has 0 aromatic heterocycles. The van der Waals surface area contributed by atoms with Gasteiger partial charge in [0.1, 0.15) is 0 Å². The molecular weight excluding hydrogens is 244 g/mol. The number of aryl methyl sites for hydroxylation is 1. The SMILES string of the molecule is Cc1ccccc1C(=O)CC12CC3CC(CC(C3)C1)C2. The van der Waals surface area contributed by atoms with Crippen LogP contribution in [0.2, 0.25) is 0 Å². The van der Waals surface area contributed by atoms with Crippen molar-refractivity contribution in [3.05, 3.63) is 35.4 Å². The molecule has 4 aliphatic rings. The Balaban J connectivity index is 1.57. The molecule has 5 rings (SSSR count). The Morgan fingerprint density at radius 2 is 1.60 bits per heavy atom. The zero-order valence-electron chi connectivity index (χ0n) is 12.4. The predicted molar refractivity (Wildman–Crippen MR) is 80.7 cm³/mol. The van der Waals surface area contributed by atoms with E-state index in [-0.39, 0.29) is 0 Å². The second kappa shape index (κ2) is 4.44. The minimum atomic E-state index is 0.369. The first-order valence-corrected chi connectivity index (χ1v) is 8.22. The molecule has 1 nitrogen and oxygen atoms in total. The molecule has 4 saturated carbocycles. The third kappa shape index (κ3) is 2.03. The highest BCUT2D eigenvalue weighted by atomic mass is 16.1. The van der Waals surface area contributed by atoms with E-state index in [9.17, 15) is 4.79 Å². The lowest BCUT2D eigenvalue weighted by Crippen LogP contribution is -2.46. The third-order valence-electron chi connectivity index (χ3n) is 6.15. The molecule has 106 valence electrons. The molecule has 0 radical (unpaired) electrons. The first-order chi connectivity index (χ1) is 9.63. The van der Waals surface area contributed by atoms with Crippen LogP contribution in [0.4, 0.5) is 0 Å². The van der Waals surface area contributed by atoms with Crippen LogP contribution in [0.3, 0.4) is 0 Å². The van der Waals surface area contributed by atoms with Gasteiger partial charge in [-0.3, -0.25) is 4.79 Å². The number of carbonyl (C=O) groups is 1. The summed E-state index contributed by atoms with van der Waals surface area (Å²) < 4.78 is 0. The summed E-state index contributed by atoms with van der Waals surface area (Å²) >= 11 is 0. The normalized spacial score (nSPS) is 38.1. The van der Waals surface area contributed by atoms with Gasteiger partial charge in [0.15, 0.2) is 5.78 Å². The van der Waals surface area contributed by atoms with E-state index >= 15 is 0 Å². The molecule has 0 spiro atoms. The molecule has 4 fully saturated rings. The van der Waals surface area contributed by atoms with Gasteiger partial charge in [-0.2, -0.15) is 0 Å². The average molecular weight is 268 g/mol. The van der Waals surface area contributed by atoms with Gasteiger partial charge in [0.25, 0.3) is 0 Å². The largest absolute Gasteiger partial charge is 0.294 e. The fourth-order valence-electron chi connectivity index (χ4n) is 5.83. The van der Waals surface area contributed by atoms with Crippen molar-refractivity contribution in [1.82, 2.24) is 0 Å². The van der Waals surface area contributed by atoms with E-state index in [1.165, 1.54) is 38.5 Å². The van der Waals surface area contributed by atoms with Crippen LogP contribution in [-0.4, -0.2) is 5.78 Å². The summed E-state index contributed by atoms with van der Waals surface area (Å²) in [5.74, 6) is 3.20. The Hall–Kier alpha value is -1.11. The van der Waals surface area contributed by atoms with Gasteiger partial charge in [-0.05, 0) is 74.2 Å². The molecule has 1 aromatic rings. The van der Waals surface area contributed by atoms with Crippen LogP contribution >= 0.6 is 0 Å². The van der Waals surface area contributed by atoms with Gasteiger partial charge in [0.2, 0.25) is 0 Å². The molecule has 0 aliphatic heterocycles. The lowest BCUT2D eigenvalue weighted by molar-refractivity contribution is -0.0524. The van der Waals surface area contributed by atoms with Crippen molar-refractivity contribution in [3.63, 3.8) is 0 Å². The average Bonchev–Trinajstić information content (AvgIpc) is 2.36. The third-order valence-corrected chi connectivity index (χ3v) is 6.15. The summed E-state index contributed by atoms with van der Waals surface area (Å²) in [6, 6.07) is 8.10. The van der Waals surface area contributed by atoms with E-state index in [0.29, 0.717) is 11.2 Å². The monoisotopic (exact) mass is 268 g/mol. The number of hydrogen-bond donors (Lipinski definition) is 0. The zero-order chi connectivity index (χ0) is 13.7. The topological polar surface area (TPSA) is 17.1 Å². The molecule has 1 aromatic carbocycles. The van der Waals surface area contributed by atoms with Gasteiger partial charge in [-0.1, -0.05) is 24.3 Å². The molecule has 4 bridgehead atoms. The molecule has 0 saturated heterocycles. The quantitative estimate of drug-likeness (QED) is 0.721. The lowest BCUT2D eigenvalue weighted by atomic mass is 9.48. The van der Waals surface area contributed by atoms with Crippen LogP contribution in [0.15, 0.2) is 24.3 Å². The van der Waals surface area contributed by atoms with Crippen LogP contribution in [0.1, 0.15) is 60.9 Å². The van der Waals surface area contributed by atoms with Gasteiger partial charge in [-0.25, -0.2) is 0 Å². The Labute approximate surface area is 121 Å². The number of hydrogen-bond acceptors (Lipinski definition) is 1. The minimum Gasteiger partial charge on any atom is -0.294 e. The van der Waals surface area contributed by atoms with Gasteiger partial charge < -0.3 is 0 Å². The maximum Gasteiger partial charge on any atom is 0.163 e. The van der Waals surface area contributed by atoms with E-state index in [1.807, 2.05) is 18.2 Å². The van der Waals surface area contributed by atoms with Crippen molar-refractivity contribution in [1.29, 1.82) is 0 Å². The zero-order valence-corrected chi connectivity index (χ0v) is 12.4. The maximum atomic E-state index is 12.8. The van der Waals surface area contributed by atoms with Crippen molar-refractivity contribution in [2.24, 2.45) is 23.2 Å². The molecule has 0 heterocycles. The van der Waals surface area contributed by atoms with E-state index in [1.54, 1.807) is 0 Å². The molecule has 0 atom stereocenters. The summed E-state index contributed by atoms with van der Waals surface area (Å²) in [6.07, 6.45) is 9.17. The van der Waals surface area contributed by atoms with Crippen LogP contribution in [0, 0.1) is 30.1 Å². The van der Waals surface area contributed by atoms with Crippen molar-refractivity contribution >= 4 is 5.78 Å². The van der Waals surface area contributed by atoms with Crippen LogP contribution < -0.4 is 0 Å². The van der Waals surface area contributed by atoms with Gasteiger partial charge in [-0.15, -0.1) is 0 Å². The van der Waals surface area contributed by atoms with Crippen molar-refractivity contribution in [2.75, 3.05) is 0 Å². The van der Waals surface area contributed by atoms with Crippen LogP contribution in [-0.2, 0) is 0 Å². The molecule has 0 unspecified atom stereocenters. The van der Waals surface area contributed by atoms with Crippen molar-refractivity contribution in [2.45, 2.75) is 51.9 Å². The summed E-state index contributed by atoms with van der Waals surface area (Å²) in [4.78, 5) is 12.8. The summed E-state index contributed by atoms with van der Waals surface area (Å²) in [5, 5.41) is 0.